The third-order valence-corrected chi connectivity index (χ3v) is 5.77. The van der Waals surface area contributed by atoms with Gasteiger partial charge in [0.05, 0.1) is 5.54 Å². The molecule has 2 nitrogen and oxygen atoms in total. The molecule has 0 spiro atoms. The second-order valence-corrected chi connectivity index (χ2v) is 6.91. The second-order valence-electron chi connectivity index (χ2n) is 4.95. The monoisotopic (exact) mass is 254 g/mol. The van der Waals surface area contributed by atoms with Crippen molar-refractivity contribution in [1.29, 1.82) is 0 Å². The summed E-state index contributed by atoms with van der Waals surface area (Å²) in [5, 5.41) is 7.37. The Morgan fingerprint density at radius 3 is 2.94 bits per heavy atom. The number of aromatic nitrogens is 1. The predicted octanol–water partition coefficient (Wildman–Crippen LogP) is 2.93. The highest BCUT2D eigenvalue weighted by molar-refractivity contribution is 7.99. The number of thioether (sulfide) groups is 1. The number of aryl methyl sites for hydroxylation is 1. The van der Waals surface area contributed by atoms with E-state index in [0.717, 1.165) is 6.04 Å². The van der Waals surface area contributed by atoms with Crippen LogP contribution >= 0.6 is 23.1 Å². The number of hydrogen-bond donors (Lipinski definition) is 1. The van der Waals surface area contributed by atoms with E-state index in [1.54, 1.807) is 0 Å². The van der Waals surface area contributed by atoms with E-state index in [-0.39, 0.29) is 5.54 Å². The molecule has 1 aliphatic heterocycles. The van der Waals surface area contributed by atoms with Gasteiger partial charge >= 0.3 is 0 Å². The van der Waals surface area contributed by atoms with E-state index in [1.165, 1.54) is 47.9 Å². The molecule has 1 N–H and O–H groups in total. The molecule has 1 unspecified atom stereocenters. The lowest BCUT2D eigenvalue weighted by Crippen LogP contribution is -2.47. The van der Waals surface area contributed by atoms with Crippen molar-refractivity contribution in [2.45, 2.75) is 44.2 Å². The Labute approximate surface area is 105 Å². The third kappa shape index (κ3) is 2.15. The summed E-state index contributed by atoms with van der Waals surface area (Å²) in [6.07, 6.45) is 5.31. The van der Waals surface area contributed by atoms with E-state index < -0.39 is 0 Å². The molecule has 0 amide bonds. The molecule has 0 bridgehead atoms. The Morgan fingerprint density at radius 1 is 1.50 bits per heavy atom. The van der Waals surface area contributed by atoms with Crippen molar-refractivity contribution >= 4 is 23.1 Å². The lowest BCUT2D eigenvalue weighted by molar-refractivity contribution is 0.332. The fourth-order valence-electron chi connectivity index (χ4n) is 2.33. The molecular weight excluding hydrogens is 236 g/mol. The fraction of sp³-hybridized carbons (Fsp3) is 0.750. The molecule has 1 atom stereocenters. The van der Waals surface area contributed by atoms with Crippen LogP contribution in [0.3, 0.4) is 0 Å². The third-order valence-electron chi connectivity index (χ3n) is 3.33. The van der Waals surface area contributed by atoms with Gasteiger partial charge in [-0.05, 0) is 38.4 Å². The SMILES string of the molecule is Cc1csc(C2(NC3CC3)CCCSC2)n1. The van der Waals surface area contributed by atoms with Crippen LogP contribution < -0.4 is 5.32 Å². The molecule has 2 fully saturated rings. The summed E-state index contributed by atoms with van der Waals surface area (Å²) < 4.78 is 0. The fourth-order valence-corrected chi connectivity index (χ4v) is 4.62. The average Bonchev–Trinajstić information content (AvgIpc) is 2.99. The van der Waals surface area contributed by atoms with E-state index in [2.05, 4.69) is 29.4 Å². The van der Waals surface area contributed by atoms with E-state index in [4.69, 9.17) is 4.98 Å². The Balaban J connectivity index is 1.86. The highest BCUT2D eigenvalue weighted by Crippen LogP contribution is 2.39. The molecule has 1 aliphatic carbocycles. The van der Waals surface area contributed by atoms with Gasteiger partial charge in [0, 0.05) is 22.9 Å². The molecule has 1 aromatic heterocycles. The van der Waals surface area contributed by atoms with Crippen LogP contribution in [0.1, 0.15) is 36.4 Å². The maximum Gasteiger partial charge on any atom is 0.114 e. The van der Waals surface area contributed by atoms with E-state index in [0.29, 0.717) is 0 Å². The quantitative estimate of drug-likeness (QED) is 0.898. The Hall–Kier alpha value is -0.0600. The first-order valence-corrected chi connectivity index (χ1v) is 8.10. The number of rotatable bonds is 3. The zero-order valence-electron chi connectivity index (χ0n) is 9.66. The van der Waals surface area contributed by atoms with Gasteiger partial charge in [-0.2, -0.15) is 11.8 Å². The standard InChI is InChI=1S/C12H18N2S2/c1-9-7-16-11(13-9)12(14-10-3-4-10)5-2-6-15-8-12/h7,10,14H,2-6,8H2,1H3. The van der Waals surface area contributed by atoms with Gasteiger partial charge in [0.2, 0.25) is 0 Å². The lowest BCUT2D eigenvalue weighted by Gasteiger charge is -2.36. The Kier molecular flexibility index (Phi) is 2.98. The van der Waals surface area contributed by atoms with E-state index in [9.17, 15) is 0 Å². The molecule has 3 rings (SSSR count). The van der Waals surface area contributed by atoms with E-state index >= 15 is 0 Å². The van der Waals surface area contributed by atoms with Crippen molar-refractivity contribution in [2.24, 2.45) is 0 Å². The number of nitrogens with zero attached hydrogens (tertiary/aromatic N) is 1. The van der Waals surface area contributed by atoms with Gasteiger partial charge in [-0.15, -0.1) is 11.3 Å². The first-order chi connectivity index (χ1) is 7.78. The molecule has 1 aromatic rings. The molecule has 16 heavy (non-hydrogen) atoms. The van der Waals surface area contributed by atoms with Gasteiger partial charge in [0.15, 0.2) is 0 Å². The summed E-state index contributed by atoms with van der Waals surface area (Å²) in [5.41, 5.74) is 1.37. The van der Waals surface area contributed by atoms with Crippen LogP contribution in [0.5, 0.6) is 0 Å². The van der Waals surface area contributed by atoms with Crippen LogP contribution in [0.4, 0.5) is 0 Å². The maximum absolute atomic E-state index is 4.73. The molecule has 0 aromatic carbocycles. The number of hydrogen-bond acceptors (Lipinski definition) is 4. The van der Waals surface area contributed by atoms with Crippen molar-refractivity contribution < 1.29 is 0 Å². The van der Waals surface area contributed by atoms with Crippen molar-refractivity contribution in [1.82, 2.24) is 10.3 Å². The average molecular weight is 254 g/mol. The van der Waals surface area contributed by atoms with Crippen LogP contribution in [0, 0.1) is 6.92 Å². The van der Waals surface area contributed by atoms with Crippen molar-refractivity contribution in [3.05, 3.63) is 16.1 Å². The van der Waals surface area contributed by atoms with E-state index in [1.807, 2.05) is 11.3 Å². The lowest BCUT2D eigenvalue weighted by atomic mass is 9.96. The van der Waals surface area contributed by atoms with Gasteiger partial charge in [0.25, 0.3) is 0 Å². The van der Waals surface area contributed by atoms with Gasteiger partial charge in [-0.1, -0.05) is 0 Å². The number of nitrogens with one attached hydrogen (secondary N) is 1. The molecule has 2 aliphatic rings. The van der Waals surface area contributed by atoms with Gasteiger partial charge in [0.1, 0.15) is 5.01 Å². The topological polar surface area (TPSA) is 24.9 Å². The highest BCUT2D eigenvalue weighted by Gasteiger charge is 2.40. The first-order valence-electron chi connectivity index (χ1n) is 6.07. The molecular formula is C12H18N2S2. The largest absolute Gasteiger partial charge is 0.302 e. The van der Waals surface area contributed by atoms with Crippen LogP contribution in [-0.2, 0) is 5.54 Å². The number of thiazole rings is 1. The maximum atomic E-state index is 4.73. The molecule has 1 saturated carbocycles. The summed E-state index contributed by atoms with van der Waals surface area (Å²) in [4.78, 5) is 4.73. The molecule has 4 heteroatoms. The van der Waals surface area contributed by atoms with Crippen LogP contribution in [0.25, 0.3) is 0 Å². The highest BCUT2D eigenvalue weighted by atomic mass is 32.2. The summed E-state index contributed by atoms with van der Waals surface area (Å²) >= 11 is 3.92. The molecule has 0 radical (unpaired) electrons. The first kappa shape index (κ1) is 11.1. The van der Waals surface area contributed by atoms with Crippen molar-refractivity contribution in [2.75, 3.05) is 11.5 Å². The van der Waals surface area contributed by atoms with Crippen LogP contribution in [0.15, 0.2) is 5.38 Å². The Morgan fingerprint density at radius 2 is 2.38 bits per heavy atom. The summed E-state index contributed by atoms with van der Waals surface area (Å²) in [6.45, 7) is 2.10. The van der Waals surface area contributed by atoms with Crippen molar-refractivity contribution in [3.8, 4) is 0 Å². The van der Waals surface area contributed by atoms with Crippen LogP contribution in [0.2, 0.25) is 0 Å². The van der Waals surface area contributed by atoms with Crippen molar-refractivity contribution in [3.63, 3.8) is 0 Å². The summed E-state index contributed by atoms with van der Waals surface area (Å²) in [6, 6.07) is 0.767. The molecule has 2 heterocycles. The minimum Gasteiger partial charge on any atom is -0.302 e. The smallest absolute Gasteiger partial charge is 0.114 e. The Bertz CT molecular complexity index is 365. The van der Waals surface area contributed by atoms with Gasteiger partial charge in [-0.3, -0.25) is 0 Å². The van der Waals surface area contributed by atoms with Gasteiger partial charge in [-0.25, -0.2) is 4.98 Å². The van der Waals surface area contributed by atoms with Gasteiger partial charge < -0.3 is 5.32 Å². The molecule has 1 saturated heterocycles. The predicted molar refractivity (Wildman–Crippen MR) is 71.2 cm³/mol. The minimum absolute atomic E-state index is 0.197. The summed E-state index contributed by atoms with van der Waals surface area (Å²) in [7, 11) is 0. The minimum atomic E-state index is 0.197. The second kappa shape index (κ2) is 4.31. The zero-order valence-corrected chi connectivity index (χ0v) is 11.3. The summed E-state index contributed by atoms with van der Waals surface area (Å²) in [5.74, 6) is 2.52. The van der Waals surface area contributed by atoms with Crippen LogP contribution in [-0.4, -0.2) is 22.5 Å². The normalized spacial score (nSPS) is 30.6. The molecule has 88 valence electrons. The zero-order chi connectivity index (χ0) is 11.0.